The molecule has 2 amide bonds. The molecule has 0 radical (unpaired) electrons. The van der Waals surface area contributed by atoms with Gasteiger partial charge < -0.3 is 25.2 Å². The Hall–Kier alpha value is -4.01. The number of nitrogens with one attached hydrogen (secondary N) is 2. The second-order valence-corrected chi connectivity index (χ2v) is 10.5. The molecule has 41 heavy (non-hydrogen) atoms. The van der Waals surface area contributed by atoms with Crippen LogP contribution in [0.1, 0.15) is 46.6 Å². The van der Waals surface area contributed by atoms with Gasteiger partial charge in [-0.25, -0.2) is 4.79 Å². The molecule has 4 aromatic rings. The third-order valence-electron chi connectivity index (χ3n) is 7.14. The summed E-state index contributed by atoms with van der Waals surface area (Å²) < 4.78 is 13.0. The lowest BCUT2D eigenvalue weighted by molar-refractivity contribution is -0.252. The van der Waals surface area contributed by atoms with E-state index in [1.54, 1.807) is 0 Å². The molecule has 1 fully saturated rings. The van der Waals surface area contributed by atoms with Crippen molar-refractivity contribution < 1.29 is 19.4 Å². The predicted molar refractivity (Wildman–Crippen MR) is 160 cm³/mol. The number of ether oxygens (including phenoxy) is 2. The molecule has 7 nitrogen and oxygen atoms in total. The van der Waals surface area contributed by atoms with Gasteiger partial charge in [-0.2, -0.15) is 0 Å². The number of urea groups is 1. The quantitative estimate of drug-likeness (QED) is 0.219. The van der Waals surface area contributed by atoms with Crippen LogP contribution in [0.3, 0.4) is 0 Å². The van der Waals surface area contributed by atoms with Crippen LogP contribution in [0.15, 0.2) is 109 Å². The SMILES string of the molecule is CN(Cc1ccccc1)CC1CC(c2ccc(CO)cc2)OC(c2cccc(NC(=O)NCc3ccccc3)c2)O1. The van der Waals surface area contributed by atoms with Crippen LogP contribution < -0.4 is 10.6 Å². The fourth-order valence-corrected chi connectivity index (χ4v) is 5.06. The highest BCUT2D eigenvalue weighted by Crippen LogP contribution is 2.38. The number of benzene rings is 4. The molecule has 3 atom stereocenters. The Morgan fingerprint density at radius 2 is 1.54 bits per heavy atom. The predicted octanol–water partition coefficient (Wildman–Crippen LogP) is 6.18. The van der Waals surface area contributed by atoms with Gasteiger partial charge in [-0.1, -0.05) is 97.1 Å². The highest BCUT2D eigenvalue weighted by atomic mass is 16.7. The molecule has 3 N–H and O–H groups in total. The van der Waals surface area contributed by atoms with Crippen molar-refractivity contribution in [2.45, 2.75) is 44.6 Å². The van der Waals surface area contributed by atoms with Gasteiger partial charge in [-0.3, -0.25) is 4.90 Å². The average molecular weight is 552 g/mol. The lowest BCUT2D eigenvalue weighted by Gasteiger charge is -2.38. The number of rotatable bonds is 10. The smallest absolute Gasteiger partial charge is 0.319 e. The summed E-state index contributed by atoms with van der Waals surface area (Å²) in [5.41, 5.74) is 5.67. The molecule has 1 heterocycles. The summed E-state index contributed by atoms with van der Waals surface area (Å²) in [4.78, 5) is 14.8. The molecule has 3 unspecified atom stereocenters. The molecular formula is C34H37N3O4. The minimum atomic E-state index is -0.601. The third-order valence-corrected chi connectivity index (χ3v) is 7.14. The first-order valence-electron chi connectivity index (χ1n) is 14.0. The first-order chi connectivity index (χ1) is 20.1. The lowest BCUT2D eigenvalue weighted by atomic mass is 9.99. The van der Waals surface area contributed by atoms with Crippen LogP contribution in [0.25, 0.3) is 0 Å². The van der Waals surface area contributed by atoms with E-state index >= 15 is 0 Å². The van der Waals surface area contributed by atoms with Crippen LogP contribution >= 0.6 is 0 Å². The van der Waals surface area contributed by atoms with Gasteiger partial charge in [0.2, 0.25) is 0 Å². The maximum atomic E-state index is 12.6. The van der Waals surface area contributed by atoms with Crippen molar-refractivity contribution in [2.24, 2.45) is 0 Å². The Kier molecular flexibility index (Phi) is 9.78. The van der Waals surface area contributed by atoms with Crippen molar-refractivity contribution in [3.63, 3.8) is 0 Å². The molecule has 1 aliphatic rings. The largest absolute Gasteiger partial charge is 0.392 e. The fraction of sp³-hybridized carbons (Fsp3) is 0.265. The van der Waals surface area contributed by atoms with E-state index in [2.05, 4.69) is 46.8 Å². The zero-order valence-corrected chi connectivity index (χ0v) is 23.3. The summed E-state index contributed by atoms with van der Waals surface area (Å²) in [5.74, 6) is 0. The summed E-state index contributed by atoms with van der Waals surface area (Å²) in [6.45, 7) is 2.00. The lowest BCUT2D eigenvalue weighted by Crippen LogP contribution is -2.37. The number of nitrogens with zero attached hydrogens (tertiary/aromatic N) is 1. The molecule has 0 bridgehead atoms. The number of carbonyl (C=O) groups is 1. The molecule has 0 aromatic heterocycles. The maximum Gasteiger partial charge on any atom is 0.319 e. The van der Waals surface area contributed by atoms with Crippen LogP contribution in [0, 0.1) is 0 Å². The van der Waals surface area contributed by atoms with Crippen LogP contribution in [0.2, 0.25) is 0 Å². The molecule has 4 aromatic carbocycles. The summed E-state index contributed by atoms with van der Waals surface area (Å²) >= 11 is 0. The number of aliphatic hydroxyl groups is 1. The first kappa shape index (κ1) is 28.5. The molecule has 7 heteroatoms. The van der Waals surface area contributed by atoms with Crippen LogP contribution in [0.5, 0.6) is 0 Å². The van der Waals surface area contributed by atoms with Crippen molar-refractivity contribution in [2.75, 3.05) is 18.9 Å². The van der Waals surface area contributed by atoms with E-state index in [4.69, 9.17) is 9.47 Å². The average Bonchev–Trinajstić information content (AvgIpc) is 3.01. The van der Waals surface area contributed by atoms with E-state index in [1.807, 2.05) is 84.9 Å². The summed E-state index contributed by atoms with van der Waals surface area (Å²) in [5, 5.41) is 15.3. The molecular weight excluding hydrogens is 514 g/mol. The van der Waals surface area contributed by atoms with Gasteiger partial charge in [0.05, 0.1) is 18.8 Å². The molecule has 1 saturated heterocycles. The fourth-order valence-electron chi connectivity index (χ4n) is 5.06. The molecule has 0 spiro atoms. The van der Waals surface area contributed by atoms with Gasteiger partial charge in [-0.05, 0) is 41.4 Å². The number of amides is 2. The molecule has 212 valence electrons. The molecule has 0 saturated carbocycles. The Bertz CT molecular complexity index is 1380. The van der Waals surface area contributed by atoms with E-state index in [0.29, 0.717) is 18.7 Å². The van der Waals surface area contributed by atoms with Gasteiger partial charge in [0.15, 0.2) is 6.29 Å². The standard InChI is InChI=1S/C34H37N3O4/c1-37(22-26-11-6-3-7-12-26)23-31-20-32(28-17-15-27(24-38)16-18-28)41-33(40-31)29-13-8-14-30(19-29)36-34(39)35-21-25-9-4-2-5-10-25/h2-19,31-33,38H,20-24H2,1H3,(H2,35,36,39). The van der Waals surface area contributed by atoms with E-state index in [-0.39, 0.29) is 24.8 Å². The number of aliphatic hydroxyl groups excluding tert-OH is 1. The monoisotopic (exact) mass is 551 g/mol. The number of carbonyl (C=O) groups excluding carboxylic acids is 1. The number of likely N-dealkylation sites (N-methyl/N-ethyl adjacent to an activating group) is 1. The van der Waals surface area contributed by atoms with Gasteiger partial charge in [-0.15, -0.1) is 0 Å². The second-order valence-electron chi connectivity index (χ2n) is 10.5. The zero-order chi connectivity index (χ0) is 28.4. The van der Waals surface area contributed by atoms with E-state index < -0.39 is 6.29 Å². The van der Waals surface area contributed by atoms with Crippen molar-refractivity contribution >= 4 is 11.7 Å². The topological polar surface area (TPSA) is 83.1 Å². The van der Waals surface area contributed by atoms with Crippen molar-refractivity contribution in [1.29, 1.82) is 0 Å². The van der Waals surface area contributed by atoms with Crippen LogP contribution in [0.4, 0.5) is 10.5 Å². The van der Waals surface area contributed by atoms with Gasteiger partial charge in [0, 0.05) is 37.3 Å². The van der Waals surface area contributed by atoms with Crippen molar-refractivity contribution in [3.8, 4) is 0 Å². The van der Waals surface area contributed by atoms with Gasteiger partial charge in [0.1, 0.15) is 0 Å². The van der Waals surface area contributed by atoms with Crippen molar-refractivity contribution in [1.82, 2.24) is 10.2 Å². The second kappa shape index (κ2) is 14.1. The van der Waals surface area contributed by atoms with Crippen molar-refractivity contribution in [3.05, 3.63) is 137 Å². The Labute approximate surface area is 241 Å². The zero-order valence-electron chi connectivity index (χ0n) is 23.3. The Morgan fingerprint density at radius 3 is 2.24 bits per heavy atom. The summed E-state index contributed by atoms with van der Waals surface area (Å²) in [7, 11) is 2.10. The third kappa shape index (κ3) is 8.25. The highest BCUT2D eigenvalue weighted by molar-refractivity contribution is 5.89. The van der Waals surface area contributed by atoms with Gasteiger partial charge in [0.25, 0.3) is 0 Å². The van der Waals surface area contributed by atoms with Crippen LogP contribution in [-0.2, 0) is 29.2 Å². The number of hydrogen-bond acceptors (Lipinski definition) is 5. The Balaban J connectivity index is 1.28. The summed E-state index contributed by atoms with van der Waals surface area (Å²) in [6, 6.07) is 35.4. The minimum Gasteiger partial charge on any atom is -0.392 e. The minimum absolute atomic E-state index is 0.00314. The number of hydrogen-bond donors (Lipinski definition) is 3. The van der Waals surface area contributed by atoms with E-state index in [9.17, 15) is 9.90 Å². The Morgan fingerprint density at radius 1 is 0.829 bits per heavy atom. The van der Waals surface area contributed by atoms with E-state index in [0.717, 1.165) is 35.3 Å². The summed E-state index contributed by atoms with van der Waals surface area (Å²) in [6.07, 6.45) is -0.151. The molecule has 1 aliphatic heterocycles. The normalized spacial score (nSPS) is 18.7. The maximum absolute atomic E-state index is 12.6. The number of anilines is 1. The van der Waals surface area contributed by atoms with E-state index in [1.165, 1.54) is 5.56 Å². The highest BCUT2D eigenvalue weighted by Gasteiger charge is 2.33. The first-order valence-corrected chi connectivity index (χ1v) is 14.0. The molecule has 0 aliphatic carbocycles. The molecule has 5 rings (SSSR count). The van der Waals surface area contributed by atoms with Crippen LogP contribution in [-0.4, -0.2) is 35.7 Å². The van der Waals surface area contributed by atoms with Gasteiger partial charge >= 0.3 is 6.03 Å².